The summed E-state index contributed by atoms with van der Waals surface area (Å²) in [4.78, 5) is 25.3. The molecule has 2 unspecified atom stereocenters. The molecule has 4 nitrogen and oxygen atoms in total. The third-order valence-electron chi connectivity index (χ3n) is 3.64. The molecule has 1 aliphatic rings. The molecule has 0 aromatic carbocycles. The minimum absolute atomic E-state index is 0.0121. The summed E-state index contributed by atoms with van der Waals surface area (Å²) in [6, 6.07) is 1.88. The topological polar surface area (TPSA) is 66.4 Å². The Morgan fingerprint density at radius 2 is 2.11 bits per heavy atom. The van der Waals surface area contributed by atoms with Crippen LogP contribution in [0.3, 0.4) is 0 Å². The zero-order valence-corrected chi connectivity index (χ0v) is 12.0. The maximum atomic E-state index is 12.2. The molecule has 1 aromatic heterocycles. The second-order valence-corrected chi connectivity index (χ2v) is 6.66. The van der Waals surface area contributed by atoms with Gasteiger partial charge in [-0.1, -0.05) is 6.42 Å². The van der Waals surface area contributed by atoms with Gasteiger partial charge in [0.2, 0.25) is 0 Å². The number of aliphatic carboxylic acids is 1. The van der Waals surface area contributed by atoms with Crippen LogP contribution in [0.15, 0.2) is 6.07 Å². The van der Waals surface area contributed by atoms with Crippen molar-refractivity contribution in [1.29, 1.82) is 0 Å². The van der Waals surface area contributed by atoms with Crippen LogP contribution in [0.5, 0.6) is 0 Å². The van der Waals surface area contributed by atoms with Crippen LogP contribution in [0.4, 0.5) is 0 Å². The van der Waals surface area contributed by atoms with E-state index in [0.717, 1.165) is 34.6 Å². The minimum Gasteiger partial charge on any atom is -0.481 e. The van der Waals surface area contributed by atoms with Crippen molar-refractivity contribution in [1.82, 2.24) is 5.32 Å². The third kappa shape index (κ3) is 3.35. The van der Waals surface area contributed by atoms with Crippen molar-refractivity contribution in [3.63, 3.8) is 0 Å². The van der Waals surface area contributed by atoms with Crippen LogP contribution in [0.1, 0.15) is 45.8 Å². The van der Waals surface area contributed by atoms with Crippen molar-refractivity contribution in [2.24, 2.45) is 5.92 Å². The SMILES string of the molecule is Cc1cc(C(=O)NC2CCCC(C(=O)O)C2)c(C)s1. The van der Waals surface area contributed by atoms with Crippen LogP contribution in [0.2, 0.25) is 0 Å². The summed E-state index contributed by atoms with van der Waals surface area (Å²) in [6.07, 6.45) is 3.00. The van der Waals surface area contributed by atoms with Gasteiger partial charge in [-0.2, -0.15) is 0 Å². The molecule has 0 bridgehead atoms. The van der Waals surface area contributed by atoms with Gasteiger partial charge >= 0.3 is 5.97 Å². The molecule has 1 heterocycles. The maximum Gasteiger partial charge on any atom is 0.306 e. The summed E-state index contributed by atoms with van der Waals surface area (Å²) in [7, 11) is 0. The lowest BCUT2D eigenvalue weighted by Crippen LogP contribution is -2.40. The molecule has 1 aliphatic carbocycles. The summed E-state index contributed by atoms with van der Waals surface area (Å²) in [6.45, 7) is 3.92. The Hall–Kier alpha value is -1.36. The molecule has 19 heavy (non-hydrogen) atoms. The normalized spacial score (nSPS) is 23.1. The van der Waals surface area contributed by atoms with E-state index >= 15 is 0 Å². The largest absolute Gasteiger partial charge is 0.481 e. The molecular weight excluding hydrogens is 262 g/mol. The van der Waals surface area contributed by atoms with E-state index < -0.39 is 5.97 Å². The van der Waals surface area contributed by atoms with Gasteiger partial charge in [0, 0.05) is 15.8 Å². The van der Waals surface area contributed by atoms with E-state index in [1.807, 2.05) is 19.9 Å². The van der Waals surface area contributed by atoms with E-state index in [2.05, 4.69) is 5.32 Å². The Balaban J connectivity index is 1.99. The molecular formula is C14H19NO3S. The maximum absolute atomic E-state index is 12.2. The Bertz CT molecular complexity index is 495. The standard InChI is InChI=1S/C14H19NO3S/c1-8-6-12(9(2)19-8)13(16)15-11-5-3-4-10(7-11)14(17)18/h6,10-11H,3-5,7H2,1-2H3,(H,15,16)(H,17,18). The fourth-order valence-electron chi connectivity index (χ4n) is 2.66. The number of thiophene rings is 1. The van der Waals surface area contributed by atoms with Gasteiger partial charge in [-0.3, -0.25) is 9.59 Å². The van der Waals surface area contributed by atoms with Crippen molar-refractivity contribution >= 4 is 23.2 Å². The number of amides is 1. The van der Waals surface area contributed by atoms with Crippen molar-refractivity contribution in [2.45, 2.75) is 45.6 Å². The number of rotatable bonds is 3. The molecule has 0 aliphatic heterocycles. The van der Waals surface area contributed by atoms with E-state index in [1.54, 1.807) is 11.3 Å². The third-order valence-corrected chi connectivity index (χ3v) is 4.61. The Kier molecular flexibility index (Phi) is 4.24. The van der Waals surface area contributed by atoms with E-state index in [-0.39, 0.29) is 17.9 Å². The number of carbonyl (C=O) groups excluding carboxylic acids is 1. The van der Waals surface area contributed by atoms with Gasteiger partial charge < -0.3 is 10.4 Å². The predicted octanol–water partition coefficient (Wildman–Crippen LogP) is 2.74. The smallest absolute Gasteiger partial charge is 0.306 e. The van der Waals surface area contributed by atoms with E-state index in [0.29, 0.717) is 6.42 Å². The average Bonchev–Trinajstić information content (AvgIpc) is 2.69. The first-order valence-electron chi connectivity index (χ1n) is 6.58. The highest BCUT2D eigenvalue weighted by atomic mass is 32.1. The first kappa shape index (κ1) is 14.1. The lowest BCUT2D eigenvalue weighted by Gasteiger charge is -2.27. The van der Waals surface area contributed by atoms with Crippen LogP contribution in [-0.4, -0.2) is 23.0 Å². The quantitative estimate of drug-likeness (QED) is 0.895. The molecule has 0 radical (unpaired) electrons. The summed E-state index contributed by atoms with van der Waals surface area (Å²) >= 11 is 1.61. The van der Waals surface area contributed by atoms with Crippen molar-refractivity contribution in [3.05, 3.63) is 21.4 Å². The molecule has 104 valence electrons. The number of nitrogens with one attached hydrogen (secondary N) is 1. The molecule has 0 saturated heterocycles. The number of hydrogen-bond donors (Lipinski definition) is 2. The molecule has 1 aromatic rings. The molecule has 0 spiro atoms. The molecule has 2 atom stereocenters. The molecule has 2 N–H and O–H groups in total. The number of aryl methyl sites for hydroxylation is 2. The van der Waals surface area contributed by atoms with Crippen molar-refractivity contribution in [2.75, 3.05) is 0 Å². The summed E-state index contributed by atoms with van der Waals surface area (Å²) in [5.74, 6) is -1.14. The lowest BCUT2D eigenvalue weighted by molar-refractivity contribution is -0.143. The first-order chi connectivity index (χ1) is 8.97. The van der Waals surface area contributed by atoms with Crippen molar-refractivity contribution < 1.29 is 14.7 Å². The first-order valence-corrected chi connectivity index (χ1v) is 7.39. The number of carboxylic acids is 1. The van der Waals surface area contributed by atoms with Crippen molar-refractivity contribution in [3.8, 4) is 0 Å². The minimum atomic E-state index is -0.749. The van der Waals surface area contributed by atoms with Gasteiger partial charge in [0.25, 0.3) is 5.91 Å². The molecule has 2 rings (SSSR count). The van der Waals surface area contributed by atoms with Gasteiger partial charge in [-0.05, 0) is 39.2 Å². The molecule has 1 amide bonds. The Morgan fingerprint density at radius 3 is 2.68 bits per heavy atom. The predicted molar refractivity (Wildman–Crippen MR) is 74.6 cm³/mol. The van der Waals surface area contributed by atoms with Crippen LogP contribution >= 0.6 is 11.3 Å². The number of hydrogen-bond acceptors (Lipinski definition) is 3. The number of carbonyl (C=O) groups is 2. The second kappa shape index (κ2) is 5.74. The van der Waals surface area contributed by atoms with Gasteiger partial charge in [-0.25, -0.2) is 0 Å². The zero-order chi connectivity index (χ0) is 14.0. The Morgan fingerprint density at radius 1 is 1.37 bits per heavy atom. The fraction of sp³-hybridized carbons (Fsp3) is 0.571. The lowest BCUT2D eigenvalue weighted by atomic mass is 9.85. The van der Waals surface area contributed by atoms with Crippen LogP contribution in [0, 0.1) is 19.8 Å². The van der Waals surface area contributed by atoms with E-state index in [9.17, 15) is 9.59 Å². The molecule has 1 fully saturated rings. The Labute approximate surface area is 116 Å². The van der Waals surface area contributed by atoms with Gasteiger partial charge in [0.15, 0.2) is 0 Å². The summed E-state index contributed by atoms with van der Waals surface area (Å²) < 4.78 is 0. The highest BCUT2D eigenvalue weighted by Gasteiger charge is 2.28. The zero-order valence-electron chi connectivity index (χ0n) is 11.2. The monoisotopic (exact) mass is 281 g/mol. The molecule has 5 heteroatoms. The second-order valence-electron chi connectivity index (χ2n) is 5.20. The highest BCUT2D eigenvalue weighted by molar-refractivity contribution is 7.12. The summed E-state index contributed by atoms with van der Waals surface area (Å²) in [5, 5.41) is 12.0. The fourth-order valence-corrected chi connectivity index (χ4v) is 3.59. The van der Waals surface area contributed by atoms with Gasteiger partial charge in [-0.15, -0.1) is 11.3 Å². The van der Waals surface area contributed by atoms with E-state index in [4.69, 9.17) is 5.11 Å². The molecule has 1 saturated carbocycles. The van der Waals surface area contributed by atoms with Crippen LogP contribution in [0.25, 0.3) is 0 Å². The highest BCUT2D eigenvalue weighted by Crippen LogP contribution is 2.26. The van der Waals surface area contributed by atoms with Gasteiger partial charge in [0.05, 0.1) is 11.5 Å². The van der Waals surface area contributed by atoms with E-state index in [1.165, 1.54) is 0 Å². The number of carboxylic acid groups (broad SMARTS) is 1. The van der Waals surface area contributed by atoms with Crippen LogP contribution < -0.4 is 5.32 Å². The average molecular weight is 281 g/mol. The van der Waals surface area contributed by atoms with Gasteiger partial charge in [0.1, 0.15) is 0 Å². The van der Waals surface area contributed by atoms with Crippen LogP contribution in [-0.2, 0) is 4.79 Å². The summed E-state index contributed by atoms with van der Waals surface area (Å²) in [5.41, 5.74) is 0.722.